The van der Waals surface area contributed by atoms with Crippen LogP contribution in [0.15, 0.2) is 33.9 Å². The van der Waals surface area contributed by atoms with E-state index in [1.54, 1.807) is 31.2 Å². The predicted octanol–water partition coefficient (Wildman–Crippen LogP) is 3.54. The molecular formula is C17H18N4O4S3. The second-order valence-corrected chi connectivity index (χ2v) is 10.3. The maximum Gasteiger partial charge on any atom is 0.277 e. The van der Waals surface area contributed by atoms with E-state index in [9.17, 15) is 13.2 Å². The molecule has 3 aromatic rings. The van der Waals surface area contributed by atoms with Crippen LogP contribution in [-0.4, -0.2) is 40.9 Å². The second kappa shape index (κ2) is 8.02. The number of thiazole rings is 1. The molecule has 3 rings (SSSR count). The van der Waals surface area contributed by atoms with Gasteiger partial charge in [-0.1, -0.05) is 11.8 Å². The van der Waals surface area contributed by atoms with Crippen molar-refractivity contribution in [2.75, 3.05) is 11.0 Å². The largest absolute Gasteiger partial charge is 0.410 e. The van der Waals surface area contributed by atoms with Crippen LogP contribution in [-0.2, 0) is 10.0 Å². The van der Waals surface area contributed by atoms with Crippen molar-refractivity contribution in [1.82, 2.24) is 15.2 Å². The highest BCUT2D eigenvalue weighted by atomic mass is 32.2. The van der Waals surface area contributed by atoms with E-state index in [4.69, 9.17) is 4.42 Å². The van der Waals surface area contributed by atoms with E-state index in [1.165, 1.54) is 23.1 Å². The number of rotatable bonds is 7. The first-order valence-electron chi connectivity index (χ1n) is 8.19. The number of carbonyl (C=O) groups is 1. The molecule has 0 saturated heterocycles. The summed E-state index contributed by atoms with van der Waals surface area (Å²) >= 11 is 2.65. The van der Waals surface area contributed by atoms with E-state index in [2.05, 4.69) is 19.9 Å². The van der Waals surface area contributed by atoms with Gasteiger partial charge in [-0.2, -0.15) is 0 Å². The maximum absolute atomic E-state index is 12.6. The van der Waals surface area contributed by atoms with Crippen molar-refractivity contribution in [3.8, 4) is 10.8 Å². The molecular weight excluding hydrogens is 420 g/mol. The maximum atomic E-state index is 12.6. The highest BCUT2D eigenvalue weighted by Gasteiger charge is 2.21. The molecule has 28 heavy (non-hydrogen) atoms. The number of nitrogens with one attached hydrogen (secondary N) is 1. The van der Waals surface area contributed by atoms with E-state index in [0.717, 1.165) is 21.8 Å². The molecule has 1 unspecified atom stereocenters. The quantitative estimate of drug-likeness (QED) is 0.440. The molecule has 1 aromatic carbocycles. The van der Waals surface area contributed by atoms with Crippen LogP contribution in [0.5, 0.6) is 0 Å². The van der Waals surface area contributed by atoms with Gasteiger partial charge >= 0.3 is 0 Å². The molecule has 0 aliphatic rings. The van der Waals surface area contributed by atoms with Crippen molar-refractivity contribution in [1.29, 1.82) is 0 Å². The van der Waals surface area contributed by atoms with Gasteiger partial charge in [-0.15, -0.1) is 21.5 Å². The number of thioether (sulfide) groups is 1. The highest BCUT2D eigenvalue weighted by Crippen LogP contribution is 2.32. The number of benzene rings is 1. The molecule has 0 bridgehead atoms. The Hall–Kier alpha value is -2.24. The van der Waals surface area contributed by atoms with Crippen LogP contribution in [0.3, 0.4) is 0 Å². The Labute approximate surface area is 170 Å². The summed E-state index contributed by atoms with van der Waals surface area (Å²) in [6.45, 7) is 5.54. The summed E-state index contributed by atoms with van der Waals surface area (Å²) in [6, 6.07) is 6.25. The van der Waals surface area contributed by atoms with Gasteiger partial charge < -0.3 is 4.42 Å². The Balaban J connectivity index is 1.68. The van der Waals surface area contributed by atoms with E-state index in [0.29, 0.717) is 22.4 Å². The Morgan fingerprint density at radius 1 is 1.21 bits per heavy atom. The minimum absolute atomic E-state index is 0.125. The number of Topliss-reactive ketones (excluding diaryl/α,β-unsaturated/α-hetero) is 1. The Morgan fingerprint density at radius 2 is 1.89 bits per heavy atom. The van der Waals surface area contributed by atoms with Gasteiger partial charge in [0.05, 0.1) is 22.2 Å². The first-order valence-corrected chi connectivity index (χ1v) is 11.8. The fraction of sp³-hybridized carbons (Fsp3) is 0.294. The van der Waals surface area contributed by atoms with Gasteiger partial charge in [0.1, 0.15) is 4.88 Å². The molecule has 1 N–H and O–H groups in total. The van der Waals surface area contributed by atoms with Crippen molar-refractivity contribution < 1.29 is 17.6 Å². The number of nitrogens with zero attached hydrogens (tertiary/aromatic N) is 3. The van der Waals surface area contributed by atoms with Gasteiger partial charge in [-0.25, -0.2) is 13.4 Å². The van der Waals surface area contributed by atoms with Gasteiger partial charge in [0.15, 0.2) is 5.78 Å². The lowest BCUT2D eigenvalue weighted by atomic mass is 10.1. The minimum Gasteiger partial charge on any atom is -0.410 e. The van der Waals surface area contributed by atoms with Crippen LogP contribution in [0, 0.1) is 13.8 Å². The lowest BCUT2D eigenvalue weighted by Crippen LogP contribution is -2.14. The molecule has 148 valence electrons. The lowest BCUT2D eigenvalue weighted by molar-refractivity contribution is 0.0993. The smallest absolute Gasteiger partial charge is 0.277 e. The number of hydrogen-bond donors (Lipinski definition) is 1. The third-order valence-corrected chi connectivity index (χ3v) is 6.23. The van der Waals surface area contributed by atoms with Crippen molar-refractivity contribution in [3.63, 3.8) is 0 Å². The van der Waals surface area contributed by atoms with Gasteiger partial charge in [-0.3, -0.25) is 9.52 Å². The van der Waals surface area contributed by atoms with Crippen LogP contribution >= 0.6 is 23.1 Å². The highest BCUT2D eigenvalue weighted by molar-refractivity contribution is 8.00. The average molecular weight is 439 g/mol. The Bertz CT molecular complexity index is 1100. The third kappa shape index (κ3) is 4.97. The molecule has 1 atom stereocenters. The first kappa shape index (κ1) is 20.5. The van der Waals surface area contributed by atoms with Crippen LogP contribution in [0.2, 0.25) is 0 Å². The average Bonchev–Trinajstić information content (AvgIpc) is 3.19. The number of hydrogen-bond acceptors (Lipinski definition) is 9. The zero-order chi connectivity index (χ0) is 20.5. The summed E-state index contributed by atoms with van der Waals surface area (Å²) in [7, 11) is -3.36. The van der Waals surface area contributed by atoms with Crippen LogP contribution in [0.1, 0.15) is 28.0 Å². The molecule has 2 aromatic heterocycles. The minimum atomic E-state index is -3.36. The topological polar surface area (TPSA) is 115 Å². The van der Waals surface area contributed by atoms with Crippen LogP contribution in [0.25, 0.3) is 10.8 Å². The fourth-order valence-corrected chi connectivity index (χ4v) is 4.60. The summed E-state index contributed by atoms with van der Waals surface area (Å²) in [5.74, 6) is 0.266. The molecule has 0 fully saturated rings. The normalized spacial score (nSPS) is 12.7. The van der Waals surface area contributed by atoms with E-state index < -0.39 is 15.3 Å². The van der Waals surface area contributed by atoms with E-state index >= 15 is 0 Å². The van der Waals surface area contributed by atoms with E-state index in [-0.39, 0.29) is 5.78 Å². The summed E-state index contributed by atoms with van der Waals surface area (Å²) in [5, 5.41) is 8.82. The Kier molecular flexibility index (Phi) is 5.87. The molecule has 0 radical (unpaired) electrons. The zero-order valence-corrected chi connectivity index (χ0v) is 18.0. The summed E-state index contributed by atoms with van der Waals surface area (Å²) in [5.41, 5.74) is 1.69. The molecule has 0 amide bonds. The number of sulfonamides is 1. The molecule has 0 aliphatic carbocycles. The molecule has 0 aliphatic heterocycles. The lowest BCUT2D eigenvalue weighted by Gasteiger charge is -2.09. The summed E-state index contributed by atoms with van der Waals surface area (Å²) in [4.78, 5) is 17.8. The van der Waals surface area contributed by atoms with Crippen LogP contribution in [0.4, 0.5) is 5.69 Å². The summed E-state index contributed by atoms with van der Waals surface area (Å²) in [6.07, 6.45) is 1.07. The predicted molar refractivity (Wildman–Crippen MR) is 109 cm³/mol. The van der Waals surface area contributed by atoms with Crippen LogP contribution < -0.4 is 4.72 Å². The fourth-order valence-electron chi connectivity index (χ4n) is 2.43. The number of ketones is 1. The monoisotopic (exact) mass is 438 g/mol. The number of aryl methyl sites for hydroxylation is 2. The first-order chi connectivity index (χ1) is 13.1. The number of carbonyl (C=O) groups excluding carboxylic acids is 1. The second-order valence-electron chi connectivity index (χ2n) is 6.10. The van der Waals surface area contributed by atoms with Crippen molar-refractivity contribution >= 4 is 44.6 Å². The number of anilines is 1. The summed E-state index contributed by atoms with van der Waals surface area (Å²) < 4.78 is 30.5. The van der Waals surface area contributed by atoms with E-state index in [1.807, 2.05) is 13.8 Å². The zero-order valence-electron chi connectivity index (χ0n) is 15.6. The Morgan fingerprint density at radius 3 is 2.46 bits per heavy atom. The number of aromatic nitrogens is 3. The standard InChI is InChI=1S/C17H18N4O4S3/c1-9-15(27-11(3)18-9)16-19-20-17(25-16)26-10(2)14(22)12-5-7-13(8-6-12)21-28(4,23)24/h5-8,10,21H,1-4H3. The third-order valence-electron chi connectivity index (χ3n) is 3.62. The van der Waals surface area contributed by atoms with Gasteiger partial charge in [-0.05, 0) is 45.0 Å². The molecule has 0 spiro atoms. The molecule has 2 heterocycles. The van der Waals surface area contributed by atoms with Gasteiger partial charge in [0.2, 0.25) is 10.0 Å². The molecule has 11 heteroatoms. The van der Waals surface area contributed by atoms with Gasteiger partial charge in [0, 0.05) is 11.3 Å². The molecule has 0 saturated carbocycles. The van der Waals surface area contributed by atoms with Crippen molar-refractivity contribution in [2.24, 2.45) is 0 Å². The SMILES string of the molecule is Cc1nc(C)c(-c2nnc(SC(C)C(=O)c3ccc(NS(C)(=O)=O)cc3)o2)s1. The van der Waals surface area contributed by atoms with Crippen molar-refractivity contribution in [3.05, 3.63) is 40.5 Å². The van der Waals surface area contributed by atoms with Gasteiger partial charge in [0.25, 0.3) is 11.1 Å². The van der Waals surface area contributed by atoms with Crippen molar-refractivity contribution in [2.45, 2.75) is 31.2 Å². The molecule has 8 nitrogen and oxygen atoms in total.